The zero-order valence-corrected chi connectivity index (χ0v) is 14.9. The fourth-order valence-corrected chi connectivity index (χ4v) is 4.31. The second-order valence-electron chi connectivity index (χ2n) is 6.20. The molecule has 0 fully saturated rings. The smallest absolute Gasteiger partial charge is 0.264 e. The summed E-state index contributed by atoms with van der Waals surface area (Å²) in [5.74, 6) is 0.471. The van der Waals surface area contributed by atoms with Crippen LogP contribution in [0.3, 0.4) is 0 Å². The van der Waals surface area contributed by atoms with Gasteiger partial charge in [-0.3, -0.25) is 14.2 Å². The number of carbonyl (C=O) groups is 1. The minimum absolute atomic E-state index is 0.0336. The molecule has 0 aliphatic carbocycles. The number of hydrogen-bond donors (Lipinski definition) is 0. The highest BCUT2D eigenvalue weighted by molar-refractivity contribution is 7.20. The van der Waals surface area contributed by atoms with Crippen molar-refractivity contribution < 1.29 is 4.79 Å². The van der Waals surface area contributed by atoms with Crippen molar-refractivity contribution in [2.24, 2.45) is 5.92 Å². The number of aryl methyl sites for hydroxylation is 2. The predicted octanol–water partition coefficient (Wildman–Crippen LogP) is 2.33. The minimum atomic E-state index is -0.226. The fourth-order valence-electron chi connectivity index (χ4n) is 3.15. The Hall–Kier alpha value is -2.20. The molecule has 0 spiro atoms. The number of nitrogens with zero attached hydrogens (tertiary/aromatic N) is 4. The summed E-state index contributed by atoms with van der Waals surface area (Å²) in [7, 11) is 0. The van der Waals surface area contributed by atoms with Crippen LogP contribution in [0.25, 0.3) is 10.2 Å². The van der Waals surface area contributed by atoms with Gasteiger partial charge in [0.25, 0.3) is 11.5 Å². The molecule has 0 saturated carbocycles. The Morgan fingerprint density at radius 2 is 2.29 bits per heavy atom. The molecule has 6 nitrogen and oxygen atoms in total. The van der Waals surface area contributed by atoms with E-state index in [0.29, 0.717) is 40.3 Å². The van der Waals surface area contributed by atoms with Gasteiger partial charge in [0.1, 0.15) is 10.7 Å². The first-order chi connectivity index (χ1) is 11.5. The monoisotopic (exact) mass is 344 g/mol. The lowest BCUT2D eigenvalue weighted by atomic mass is 10.1. The van der Waals surface area contributed by atoms with Crippen molar-refractivity contribution in [1.29, 1.82) is 5.26 Å². The third kappa shape index (κ3) is 2.61. The van der Waals surface area contributed by atoms with Gasteiger partial charge in [0, 0.05) is 26.1 Å². The molecule has 2 aromatic rings. The lowest BCUT2D eigenvalue weighted by Gasteiger charge is -2.21. The van der Waals surface area contributed by atoms with E-state index in [1.54, 1.807) is 16.4 Å². The van der Waals surface area contributed by atoms with Crippen molar-refractivity contribution in [1.82, 2.24) is 14.5 Å². The number of rotatable bonds is 4. The molecule has 7 heteroatoms. The van der Waals surface area contributed by atoms with E-state index in [1.807, 2.05) is 13.8 Å². The quantitative estimate of drug-likeness (QED) is 0.853. The molecule has 0 unspecified atom stereocenters. The van der Waals surface area contributed by atoms with E-state index in [0.717, 1.165) is 18.7 Å². The average Bonchev–Trinajstić information content (AvgIpc) is 3.17. The van der Waals surface area contributed by atoms with Gasteiger partial charge in [-0.15, -0.1) is 11.3 Å². The van der Waals surface area contributed by atoms with Crippen molar-refractivity contribution in [3.8, 4) is 6.07 Å². The second-order valence-corrected chi connectivity index (χ2v) is 7.20. The van der Waals surface area contributed by atoms with Crippen LogP contribution in [0, 0.1) is 24.2 Å². The number of hydrogen-bond acceptors (Lipinski definition) is 5. The van der Waals surface area contributed by atoms with Gasteiger partial charge in [-0.25, -0.2) is 4.98 Å². The molecule has 0 saturated heterocycles. The molecule has 0 N–H and O–H groups in total. The lowest BCUT2D eigenvalue weighted by molar-refractivity contribution is 0.0757. The lowest BCUT2D eigenvalue weighted by Crippen LogP contribution is -2.34. The van der Waals surface area contributed by atoms with Gasteiger partial charge in [-0.2, -0.15) is 5.26 Å². The summed E-state index contributed by atoms with van der Waals surface area (Å²) in [5.41, 5.74) is 0.677. The highest BCUT2D eigenvalue weighted by atomic mass is 32.1. The van der Waals surface area contributed by atoms with Crippen molar-refractivity contribution in [3.05, 3.63) is 26.6 Å². The van der Waals surface area contributed by atoms with E-state index in [-0.39, 0.29) is 17.4 Å². The summed E-state index contributed by atoms with van der Waals surface area (Å²) in [5, 5.41) is 9.56. The molecule has 24 heavy (non-hydrogen) atoms. The summed E-state index contributed by atoms with van der Waals surface area (Å²) in [6, 6.07) is 2.16. The zero-order valence-electron chi connectivity index (χ0n) is 14.1. The number of amides is 1. The Kier molecular flexibility index (Phi) is 4.41. The number of aromatic nitrogens is 2. The third-order valence-electron chi connectivity index (χ3n) is 4.49. The Balaban J connectivity index is 2.06. The first-order valence-corrected chi connectivity index (χ1v) is 9.01. The average molecular weight is 344 g/mol. The van der Waals surface area contributed by atoms with Crippen LogP contribution in [-0.4, -0.2) is 33.4 Å². The van der Waals surface area contributed by atoms with Gasteiger partial charge in [0.15, 0.2) is 0 Å². The number of fused-ring (bicyclic) bond motifs is 2. The molecular weight excluding hydrogens is 324 g/mol. The Morgan fingerprint density at radius 1 is 1.54 bits per heavy atom. The van der Waals surface area contributed by atoms with E-state index in [9.17, 15) is 9.59 Å². The molecule has 1 aliphatic heterocycles. The van der Waals surface area contributed by atoms with Crippen LogP contribution < -0.4 is 5.56 Å². The van der Waals surface area contributed by atoms with Crippen LogP contribution >= 0.6 is 11.3 Å². The van der Waals surface area contributed by atoms with E-state index in [4.69, 9.17) is 5.26 Å². The first kappa shape index (κ1) is 16.7. The van der Waals surface area contributed by atoms with Crippen LogP contribution in [0.15, 0.2) is 4.79 Å². The Bertz CT molecular complexity index is 906. The van der Waals surface area contributed by atoms with Crippen LogP contribution in [-0.2, 0) is 13.0 Å². The van der Waals surface area contributed by atoms with E-state index in [1.165, 1.54) is 11.3 Å². The van der Waals surface area contributed by atoms with Gasteiger partial charge >= 0.3 is 0 Å². The minimum Gasteiger partial charge on any atom is -0.337 e. The van der Waals surface area contributed by atoms with Crippen molar-refractivity contribution >= 4 is 27.5 Å². The van der Waals surface area contributed by atoms with E-state index >= 15 is 0 Å². The SMILES string of the molecule is CCN(C[C@H](C)C#N)C(=O)c1sc2nc3n(c(=O)c2c1C)CCC3. The summed E-state index contributed by atoms with van der Waals surface area (Å²) in [6.07, 6.45) is 1.76. The molecular formula is C17H20N4O2S. The topological polar surface area (TPSA) is 79.0 Å². The summed E-state index contributed by atoms with van der Waals surface area (Å²) >= 11 is 1.29. The molecule has 1 amide bonds. The highest BCUT2D eigenvalue weighted by Crippen LogP contribution is 2.29. The third-order valence-corrected chi connectivity index (χ3v) is 5.66. The molecule has 3 rings (SSSR count). The van der Waals surface area contributed by atoms with Crippen LogP contribution in [0.5, 0.6) is 0 Å². The van der Waals surface area contributed by atoms with E-state index in [2.05, 4.69) is 11.1 Å². The number of thiophene rings is 1. The van der Waals surface area contributed by atoms with Gasteiger partial charge in [0.2, 0.25) is 0 Å². The molecule has 0 bridgehead atoms. The normalized spacial score (nSPS) is 14.4. The maximum atomic E-state index is 12.9. The fraction of sp³-hybridized carbons (Fsp3) is 0.529. The van der Waals surface area contributed by atoms with Crippen LogP contribution in [0.4, 0.5) is 0 Å². The molecule has 126 valence electrons. The first-order valence-electron chi connectivity index (χ1n) is 8.19. The van der Waals surface area contributed by atoms with Crippen molar-refractivity contribution in [2.75, 3.05) is 13.1 Å². The number of carbonyl (C=O) groups excluding carboxylic acids is 1. The molecule has 3 heterocycles. The van der Waals surface area contributed by atoms with Gasteiger partial charge in [-0.1, -0.05) is 0 Å². The summed E-state index contributed by atoms with van der Waals surface area (Å²) in [6.45, 7) is 7.14. The van der Waals surface area contributed by atoms with Gasteiger partial charge < -0.3 is 4.90 Å². The van der Waals surface area contributed by atoms with Gasteiger partial charge in [-0.05, 0) is 32.8 Å². The molecule has 1 atom stereocenters. The molecule has 0 aromatic carbocycles. The van der Waals surface area contributed by atoms with E-state index < -0.39 is 0 Å². The second kappa shape index (κ2) is 6.36. The predicted molar refractivity (Wildman–Crippen MR) is 93.3 cm³/mol. The van der Waals surface area contributed by atoms with Crippen molar-refractivity contribution in [3.63, 3.8) is 0 Å². The van der Waals surface area contributed by atoms with Crippen molar-refractivity contribution in [2.45, 2.75) is 40.2 Å². The molecule has 2 aromatic heterocycles. The maximum Gasteiger partial charge on any atom is 0.264 e. The Labute approximate surface area is 144 Å². The molecule has 1 aliphatic rings. The summed E-state index contributed by atoms with van der Waals surface area (Å²) in [4.78, 5) is 33.1. The van der Waals surface area contributed by atoms with Crippen LogP contribution in [0.2, 0.25) is 0 Å². The molecule has 0 radical (unpaired) electrons. The maximum absolute atomic E-state index is 12.9. The van der Waals surface area contributed by atoms with Crippen LogP contribution in [0.1, 0.15) is 41.3 Å². The van der Waals surface area contributed by atoms with Gasteiger partial charge in [0.05, 0.1) is 22.3 Å². The largest absolute Gasteiger partial charge is 0.337 e. The Morgan fingerprint density at radius 3 is 2.96 bits per heavy atom. The zero-order chi connectivity index (χ0) is 17.4. The highest BCUT2D eigenvalue weighted by Gasteiger charge is 2.26. The summed E-state index contributed by atoms with van der Waals surface area (Å²) < 4.78 is 1.73. The standard InChI is InChI=1S/C17H20N4O2S/c1-4-20(9-10(2)8-18)17(23)14-11(3)13-15(24-14)19-12-6-5-7-21(12)16(13)22/h10H,4-7,9H2,1-3H3/t10-/m1/s1. The number of nitriles is 1.